The quantitative estimate of drug-likeness (QED) is 0.519. The van der Waals surface area contributed by atoms with Gasteiger partial charge in [0.1, 0.15) is 11.9 Å². The summed E-state index contributed by atoms with van der Waals surface area (Å²) in [4.78, 5) is 18.6. The molecule has 0 aromatic heterocycles. The molecule has 0 aliphatic carbocycles. The molecule has 1 aromatic rings. The molecule has 1 aromatic carbocycles. The van der Waals surface area contributed by atoms with E-state index in [1.54, 1.807) is 12.1 Å². The van der Waals surface area contributed by atoms with Gasteiger partial charge < -0.3 is 19.6 Å². The molecule has 0 radical (unpaired) electrons. The standard InChI is InChI=1S/C21H27FN2O4/c1-2-26-11-3-10-23-20(25)21(8-12-27-13-9-21)15-18-14-19(24-28-18)16-4-6-17(22)7-5-16/h2,4-7,18H,1,3,8-15H2,(H,23,25)/t18-/m1/s1. The molecule has 0 spiro atoms. The maximum Gasteiger partial charge on any atom is 0.226 e. The zero-order valence-corrected chi connectivity index (χ0v) is 16.0. The summed E-state index contributed by atoms with van der Waals surface area (Å²) < 4.78 is 23.7. The summed E-state index contributed by atoms with van der Waals surface area (Å²) in [5.74, 6) is -0.246. The van der Waals surface area contributed by atoms with Crippen LogP contribution in [0.15, 0.2) is 42.3 Å². The lowest BCUT2D eigenvalue weighted by molar-refractivity contribution is -0.140. The molecule has 2 aliphatic heterocycles. The van der Waals surface area contributed by atoms with Gasteiger partial charge in [-0.1, -0.05) is 23.9 Å². The second-order valence-electron chi connectivity index (χ2n) is 7.22. The molecule has 1 amide bonds. The molecule has 7 heteroatoms. The molecule has 0 unspecified atom stereocenters. The Hall–Kier alpha value is -2.41. The van der Waals surface area contributed by atoms with E-state index in [9.17, 15) is 9.18 Å². The minimum atomic E-state index is -0.518. The van der Waals surface area contributed by atoms with Crippen LogP contribution in [0.1, 0.15) is 37.7 Å². The van der Waals surface area contributed by atoms with Gasteiger partial charge in [0.05, 0.1) is 24.0 Å². The lowest BCUT2D eigenvalue weighted by Crippen LogP contribution is -2.47. The van der Waals surface area contributed by atoms with Crippen LogP contribution in [-0.4, -0.2) is 44.1 Å². The van der Waals surface area contributed by atoms with Crippen LogP contribution in [0.25, 0.3) is 0 Å². The predicted octanol–water partition coefficient (Wildman–Crippen LogP) is 3.17. The highest BCUT2D eigenvalue weighted by Crippen LogP contribution is 2.38. The minimum absolute atomic E-state index is 0.0354. The fourth-order valence-corrected chi connectivity index (χ4v) is 3.70. The largest absolute Gasteiger partial charge is 0.502 e. The summed E-state index contributed by atoms with van der Waals surface area (Å²) in [7, 11) is 0. The first kappa shape index (κ1) is 20.3. The molecule has 0 saturated carbocycles. The summed E-state index contributed by atoms with van der Waals surface area (Å²) in [6, 6.07) is 6.22. The van der Waals surface area contributed by atoms with Crippen LogP contribution in [-0.2, 0) is 19.1 Å². The van der Waals surface area contributed by atoms with E-state index in [-0.39, 0.29) is 17.8 Å². The second-order valence-corrected chi connectivity index (χ2v) is 7.22. The number of halogens is 1. The van der Waals surface area contributed by atoms with Gasteiger partial charge in [0.2, 0.25) is 5.91 Å². The van der Waals surface area contributed by atoms with Crippen molar-refractivity contribution in [2.75, 3.05) is 26.4 Å². The number of hydrogen-bond acceptors (Lipinski definition) is 5. The second kappa shape index (κ2) is 9.68. The number of rotatable bonds is 9. The monoisotopic (exact) mass is 390 g/mol. The van der Waals surface area contributed by atoms with Gasteiger partial charge >= 0.3 is 0 Å². The molecular weight excluding hydrogens is 363 g/mol. The number of carbonyl (C=O) groups excluding carboxylic acids is 1. The number of nitrogens with one attached hydrogen (secondary N) is 1. The van der Waals surface area contributed by atoms with Crippen molar-refractivity contribution >= 4 is 11.6 Å². The van der Waals surface area contributed by atoms with Crippen LogP contribution in [0.3, 0.4) is 0 Å². The summed E-state index contributed by atoms with van der Waals surface area (Å²) in [6.45, 7) is 5.70. The summed E-state index contributed by atoms with van der Waals surface area (Å²) in [6.07, 6.45) is 4.46. The third-order valence-electron chi connectivity index (χ3n) is 5.30. The number of ether oxygens (including phenoxy) is 2. The van der Waals surface area contributed by atoms with E-state index in [4.69, 9.17) is 14.3 Å². The number of nitrogens with zero attached hydrogens (tertiary/aromatic N) is 1. The van der Waals surface area contributed by atoms with E-state index < -0.39 is 5.41 Å². The molecule has 2 aliphatic rings. The SMILES string of the molecule is C=COCCCNC(=O)C1(C[C@H]2CC(c3ccc(F)cc3)=NO2)CCOCC1. The number of hydrogen-bond donors (Lipinski definition) is 1. The van der Waals surface area contributed by atoms with Crippen molar-refractivity contribution in [3.63, 3.8) is 0 Å². The van der Waals surface area contributed by atoms with E-state index in [0.29, 0.717) is 52.0 Å². The highest BCUT2D eigenvalue weighted by molar-refractivity contribution is 6.01. The minimum Gasteiger partial charge on any atom is -0.502 e. The number of amides is 1. The van der Waals surface area contributed by atoms with Gasteiger partial charge in [-0.15, -0.1) is 0 Å². The Labute approximate surface area is 164 Å². The fraction of sp³-hybridized carbons (Fsp3) is 0.524. The third kappa shape index (κ3) is 5.10. The average molecular weight is 390 g/mol. The molecule has 1 N–H and O–H groups in total. The maximum absolute atomic E-state index is 13.1. The van der Waals surface area contributed by atoms with Gasteiger partial charge in [-0.05, 0) is 37.0 Å². The Kier molecular flexibility index (Phi) is 7.03. The van der Waals surface area contributed by atoms with E-state index in [1.165, 1.54) is 18.4 Å². The van der Waals surface area contributed by atoms with E-state index in [0.717, 1.165) is 17.7 Å². The summed E-state index contributed by atoms with van der Waals surface area (Å²) >= 11 is 0. The molecule has 152 valence electrons. The molecule has 2 heterocycles. The van der Waals surface area contributed by atoms with Crippen LogP contribution >= 0.6 is 0 Å². The lowest BCUT2D eigenvalue weighted by Gasteiger charge is -2.37. The van der Waals surface area contributed by atoms with Crippen molar-refractivity contribution in [3.05, 3.63) is 48.5 Å². The molecule has 6 nitrogen and oxygen atoms in total. The van der Waals surface area contributed by atoms with Crippen molar-refractivity contribution in [2.45, 2.75) is 38.2 Å². The van der Waals surface area contributed by atoms with Crippen molar-refractivity contribution in [2.24, 2.45) is 10.6 Å². The predicted molar refractivity (Wildman–Crippen MR) is 103 cm³/mol. The first-order valence-corrected chi connectivity index (χ1v) is 9.70. The lowest BCUT2D eigenvalue weighted by atomic mass is 9.74. The van der Waals surface area contributed by atoms with Crippen LogP contribution in [0.4, 0.5) is 4.39 Å². The van der Waals surface area contributed by atoms with Gasteiger partial charge in [-0.2, -0.15) is 0 Å². The van der Waals surface area contributed by atoms with Crippen LogP contribution < -0.4 is 5.32 Å². The summed E-state index contributed by atoms with van der Waals surface area (Å²) in [5, 5.41) is 7.21. The summed E-state index contributed by atoms with van der Waals surface area (Å²) in [5.41, 5.74) is 1.11. The highest BCUT2D eigenvalue weighted by Gasteiger charge is 2.43. The Morgan fingerprint density at radius 1 is 1.36 bits per heavy atom. The topological polar surface area (TPSA) is 69.2 Å². The molecule has 0 bridgehead atoms. The first-order chi connectivity index (χ1) is 13.6. The molecular formula is C21H27FN2O4. The number of oxime groups is 1. The fourth-order valence-electron chi connectivity index (χ4n) is 3.70. The van der Waals surface area contributed by atoms with Crippen molar-refractivity contribution < 1.29 is 23.5 Å². The van der Waals surface area contributed by atoms with Gasteiger partial charge in [0.25, 0.3) is 0 Å². The van der Waals surface area contributed by atoms with Crippen LogP contribution in [0, 0.1) is 11.2 Å². The van der Waals surface area contributed by atoms with Crippen molar-refractivity contribution in [1.29, 1.82) is 0 Å². The molecule has 1 atom stereocenters. The zero-order valence-electron chi connectivity index (χ0n) is 16.0. The van der Waals surface area contributed by atoms with E-state index >= 15 is 0 Å². The van der Waals surface area contributed by atoms with Crippen molar-refractivity contribution in [1.82, 2.24) is 5.32 Å². The van der Waals surface area contributed by atoms with E-state index in [1.807, 2.05) is 0 Å². The third-order valence-corrected chi connectivity index (χ3v) is 5.30. The number of carbonyl (C=O) groups is 1. The molecule has 3 rings (SSSR count). The Morgan fingerprint density at radius 3 is 2.82 bits per heavy atom. The van der Waals surface area contributed by atoms with Crippen LogP contribution in [0.5, 0.6) is 0 Å². The van der Waals surface area contributed by atoms with E-state index in [2.05, 4.69) is 17.1 Å². The number of benzene rings is 1. The molecule has 1 fully saturated rings. The van der Waals surface area contributed by atoms with Gasteiger partial charge in [0.15, 0.2) is 0 Å². The Bertz CT molecular complexity index is 699. The normalized spacial score (nSPS) is 20.8. The smallest absolute Gasteiger partial charge is 0.226 e. The van der Waals surface area contributed by atoms with Gasteiger partial charge in [-0.25, -0.2) is 4.39 Å². The Balaban J connectivity index is 1.57. The Morgan fingerprint density at radius 2 is 2.11 bits per heavy atom. The molecule has 28 heavy (non-hydrogen) atoms. The van der Waals surface area contributed by atoms with Crippen molar-refractivity contribution in [3.8, 4) is 0 Å². The molecule has 1 saturated heterocycles. The maximum atomic E-state index is 13.1. The zero-order chi connectivity index (χ0) is 19.8. The van der Waals surface area contributed by atoms with Gasteiger partial charge in [0, 0.05) is 32.6 Å². The van der Waals surface area contributed by atoms with Gasteiger partial charge in [-0.3, -0.25) is 4.79 Å². The average Bonchev–Trinajstić information content (AvgIpc) is 3.17. The van der Waals surface area contributed by atoms with Crippen LogP contribution in [0.2, 0.25) is 0 Å². The highest BCUT2D eigenvalue weighted by atomic mass is 19.1. The first-order valence-electron chi connectivity index (χ1n) is 9.70.